The summed E-state index contributed by atoms with van der Waals surface area (Å²) < 4.78 is 0. The third-order valence-corrected chi connectivity index (χ3v) is 3.60. The van der Waals surface area contributed by atoms with E-state index in [9.17, 15) is 0 Å². The van der Waals surface area contributed by atoms with Gasteiger partial charge in [-0.15, -0.1) is 0 Å². The normalized spacial score (nSPS) is 15.2. The molecular weight excluding hydrogens is 262 g/mol. The minimum Gasteiger partial charge on any atom is -0.368 e. The molecular formula is C13H14ClN5. The number of hydrogen-bond acceptors (Lipinski definition) is 5. The van der Waals surface area contributed by atoms with Gasteiger partial charge in [-0.1, -0.05) is 17.7 Å². The van der Waals surface area contributed by atoms with Crippen LogP contribution >= 0.6 is 11.6 Å². The molecule has 0 aromatic carbocycles. The number of fused-ring (bicyclic) bond motifs is 1. The highest BCUT2D eigenvalue weighted by Gasteiger charge is 2.18. The third kappa shape index (κ3) is 2.67. The first kappa shape index (κ1) is 12.3. The summed E-state index contributed by atoms with van der Waals surface area (Å²) >= 11 is 6.09. The summed E-state index contributed by atoms with van der Waals surface area (Å²) in [5, 5.41) is 0.571. The Labute approximate surface area is 116 Å². The lowest BCUT2D eigenvalue weighted by Gasteiger charge is -2.27. The van der Waals surface area contributed by atoms with Crippen molar-refractivity contribution in [2.45, 2.75) is 19.5 Å². The highest BCUT2D eigenvalue weighted by atomic mass is 35.5. The van der Waals surface area contributed by atoms with Gasteiger partial charge in [-0.25, -0.2) is 15.0 Å². The first-order valence-corrected chi connectivity index (χ1v) is 6.52. The minimum atomic E-state index is 0.350. The largest absolute Gasteiger partial charge is 0.368 e. The fourth-order valence-electron chi connectivity index (χ4n) is 2.30. The van der Waals surface area contributed by atoms with E-state index in [-0.39, 0.29) is 0 Å². The molecule has 0 spiro atoms. The fraction of sp³-hybridized carbons (Fsp3) is 0.308. The molecule has 0 radical (unpaired) electrons. The van der Waals surface area contributed by atoms with E-state index in [4.69, 9.17) is 17.3 Å². The predicted molar refractivity (Wildman–Crippen MR) is 73.5 cm³/mol. The molecule has 6 heteroatoms. The van der Waals surface area contributed by atoms with Crippen molar-refractivity contribution in [3.05, 3.63) is 46.5 Å². The first-order valence-electron chi connectivity index (χ1n) is 6.14. The number of hydrogen-bond donors (Lipinski definition) is 1. The van der Waals surface area contributed by atoms with E-state index in [1.54, 1.807) is 6.20 Å². The van der Waals surface area contributed by atoms with Crippen LogP contribution in [-0.4, -0.2) is 26.4 Å². The van der Waals surface area contributed by atoms with Crippen LogP contribution in [0.15, 0.2) is 24.5 Å². The summed E-state index contributed by atoms with van der Waals surface area (Å²) in [5.74, 6) is 0.350. The maximum absolute atomic E-state index is 6.09. The van der Waals surface area contributed by atoms with Crippen molar-refractivity contribution in [3.8, 4) is 0 Å². The Hall–Kier alpha value is -1.72. The zero-order chi connectivity index (χ0) is 13.2. The van der Waals surface area contributed by atoms with Gasteiger partial charge in [-0.2, -0.15) is 0 Å². The van der Waals surface area contributed by atoms with Crippen molar-refractivity contribution >= 4 is 17.5 Å². The number of anilines is 1. The molecule has 5 nitrogen and oxygen atoms in total. The molecule has 2 aromatic heterocycles. The average Bonchev–Trinajstić information content (AvgIpc) is 2.41. The Balaban J connectivity index is 1.76. The van der Waals surface area contributed by atoms with Crippen molar-refractivity contribution in [2.75, 3.05) is 12.3 Å². The molecule has 0 atom stereocenters. The molecule has 2 N–H and O–H groups in total. The molecule has 1 aliphatic heterocycles. The zero-order valence-electron chi connectivity index (χ0n) is 10.4. The molecule has 0 fully saturated rings. The molecule has 1 aliphatic rings. The van der Waals surface area contributed by atoms with Crippen LogP contribution in [0.4, 0.5) is 5.95 Å². The number of halogens is 1. The van der Waals surface area contributed by atoms with Gasteiger partial charge >= 0.3 is 0 Å². The third-order valence-electron chi connectivity index (χ3n) is 3.26. The first-order chi connectivity index (χ1) is 9.22. The van der Waals surface area contributed by atoms with Crippen molar-refractivity contribution < 1.29 is 0 Å². The molecule has 0 bridgehead atoms. The van der Waals surface area contributed by atoms with Crippen LogP contribution in [0.25, 0.3) is 0 Å². The van der Waals surface area contributed by atoms with Gasteiger partial charge in [0, 0.05) is 49.6 Å². The van der Waals surface area contributed by atoms with Crippen LogP contribution in [0, 0.1) is 0 Å². The number of nitrogens with zero attached hydrogens (tertiary/aromatic N) is 4. The van der Waals surface area contributed by atoms with Crippen LogP contribution in [0.5, 0.6) is 0 Å². The summed E-state index contributed by atoms with van der Waals surface area (Å²) in [4.78, 5) is 14.7. The van der Waals surface area contributed by atoms with Crippen LogP contribution in [-0.2, 0) is 19.5 Å². The molecule has 0 saturated heterocycles. The fourth-order valence-corrected chi connectivity index (χ4v) is 2.48. The summed E-state index contributed by atoms with van der Waals surface area (Å²) in [6.45, 7) is 2.55. The molecule has 0 aliphatic carbocycles. The van der Waals surface area contributed by atoms with E-state index in [1.807, 2.05) is 18.3 Å². The van der Waals surface area contributed by atoms with Gasteiger partial charge in [0.25, 0.3) is 0 Å². The number of rotatable bonds is 2. The van der Waals surface area contributed by atoms with Gasteiger partial charge in [-0.3, -0.25) is 4.90 Å². The smallest absolute Gasteiger partial charge is 0.220 e. The Morgan fingerprint density at radius 2 is 2.26 bits per heavy atom. The van der Waals surface area contributed by atoms with Gasteiger partial charge in [-0.05, 0) is 6.07 Å². The van der Waals surface area contributed by atoms with Crippen molar-refractivity contribution in [3.63, 3.8) is 0 Å². The number of pyridine rings is 1. The minimum absolute atomic E-state index is 0.350. The Morgan fingerprint density at radius 3 is 3.11 bits per heavy atom. The lowest BCUT2D eigenvalue weighted by molar-refractivity contribution is 0.243. The van der Waals surface area contributed by atoms with Crippen molar-refractivity contribution in [1.29, 1.82) is 0 Å². The lowest BCUT2D eigenvalue weighted by Crippen LogP contribution is -2.31. The van der Waals surface area contributed by atoms with E-state index >= 15 is 0 Å². The lowest BCUT2D eigenvalue weighted by atomic mass is 10.1. The van der Waals surface area contributed by atoms with Gasteiger partial charge in [0.05, 0.1) is 5.69 Å². The molecule has 3 rings (SSSR count). The van der Waals surface area contributed by atoms with E-state index in [0.29, 0.717) is 11.1 Å². The maximum Gasteiger partial charge on any atom is 0.220 e. The van der Waals surface area contributed by atoms with Crippen LogP contribution in [0.2, 0.25) is 5.15 Å². The number of aromatic nitrogens is 3. The molecule has 0 unspecified atom stereocenters. The van der Waals surface area contributed by atoms with Crippen molar-refractivity contribution in [2.24, 2.45) is 0 Å². The standard InChI is InChI=1S/C13H14ClN5/c14-12-9(2-1-4-16-12)7-19-5-3-11-10(8-19)6-17-13(15)18-11/h1-2,4,6H,3,5,7-8H2,(H2,15,17,18). The Bertz CT molecular complexity index is 601. The molecule has 0 amide bonds. The quantitative estimate of drug-likeness (QED) is 0.845. The van der Waals surface area contributed by atoms with Gasteiger partial charge in [0.1, 0.15) is 5.15 Å². The van der Waals surface area contributed by atoms with E-state index in [1.165, 1.54) is 0 Å². The molecule has 2 aromatic rings. The second-order valence-electron chi connectivity index (χ2n) is 4.61. The molecule has 3 heterocycles. The van der Waals surface area contributed by atoms with Gasteiger partial charge < -0.3 is 5.73 Å². The van der Waals surface area contributed by atoms with Gasteiger partial charge in [0.2, 0.25) is 5.95 Å². The number of nitrogen functional groups attached to an aromatic ring is 1. The summed E-state index contributed by atoms with van der Waals surface area (Å²) in [6.07, 6.45) is 4.41. The maximum atomic E-state index is 6.09. The monoisotopic (exact) mass is 275 g/mol. The van der Waals surface area contributed by atoms with Crippen LogP contribution < -0.4 is 5.73 Å². The average molecular weight is 276 g/mol. The predicted octanol–water partition coefficient (Wildman–Crippen LogP) is 1.67. The van der Waals surface area contributed by atoms with E-state index in [0.717, 1.165) is 42.9 Å². The van der Waals surface area contributed by atoms with Crippen LogP contribution in [0.3, 0.4) is 0 Å². The zero-order valence-corrected chi connectivity index (χ0v) is 11.1. The molecule has 19 heavy (non-hydrogen) atoms. The van der Waals surface area contributed by atoms with Gasteiger partial charge in [0.15, 0.2) is 0 Å². The van der Waals surface area contributed by atoms with E-state index < -0.39 is 0 Å². The SMILES string of the molecule is Nc1ncc2c(n1)CCN(Cc1cccnc1Cl)C2. The van der Waals surface area contributed by atoms with E-state index in [2.05, 4.69) is 19.9 Å². The summed E-state index contributed by atoms with van der Waals surface area (Å²) in [5.41, 5.74) is 8.84. The topological polar surface area (TPSA) is 67.9 Å². The second kappa shape index (κ2) is 5.11. The molecule has 0 saturated carbocycles. The summed E-state index contributed by atoms with van der Waals surface area (Å²) in [6, 6.07) is 3.91. The molecule has 98 valence electrons. The van der Waals surface area contributed by atoms with Crippen LogP contribution in [0.1, 0.15) is 16.8 Å². The number of nitrogens with two attached hydrogens (primary N) is 1. The highest BCUT2D eigenvalue weighted by molar-refractivity contribution is 6.30. The second-order valence-corrected chi connectivity index (χ2v) is 4.97. The Morgan fingerprint density at radius 1 is 1.37 bits per heavy atom. The summed E-state index contributed by atoms with van der Waals surface area (Å²) in [7, 11) is 0. The van der Waals surface area contributed by atoms with Crippen molar-refractivity contribution in [1.82, 2.24) is 19.9 Å². The highest BCUT2D eigenvalue weighted by Crippen LogP contribution is 2.21. The Kier molecular flexibility index (Phi) is 3.31.